The fourth-order valence-corrected chi connectivity index (χ4v) is 3.30. The minimum Gasteiger partial charge on any atom is -0.465 e. The van der Waals surface area contributed by atoms with Gasteiger partial charge in [-0.05, 0) is 43.5 Å². The smallest absolute Gasteiger partial charge is 0.310 e. The molecule has 0 radical (unpaired) electrons. The molecule has 2 aliphatic rings. The summed E-state index contributed by atoms with van der Waals surface area (Å²) in [5.41, 5.74) is 0. The van der Waals surface area contributed by atoms with Gasteiger partial charge in [-0.15, -0.1) is 0 Å². The summed E-state index contributed by atoms with van der Waals surface area (Å²) in [6, 6.07) is 0. The maximum absolute atomic E-state index is 12.2. The molecule has 4 unspecified atom stereocenters. The predicted octanol–water partition coefficient (Wildman–Crippen LogP) is -0.0758. The zero-order valence-corrected chi connectivity index (χ0v) is 13.3. The van der Waals surface area contributed by atoms with Crippen molar-refractivity contribution < 1.29 is 19.1 Å². The Bertz CT molecular complexity index is 397. The molecule has 2 aliphatic carbocycles. The van der Waals surface area contributed by atoms with Crippen molar-refractivity contribution in [1.82, 2.24) is 0 Å². The van der Waals surface area contributed by atoms with Crippen LogP contribution in [0.5, 0.6) is 0 Å². The Morgan fingerprint density at radius 1 is 0.950 bits per heavy atom. The van der Waals surface area contributed by atoms with E-state index in [9.17, 15) is 9.59 Å². The third kappa shape index (κ3) is 3.34. The monoisotopic (exact) mass is 318 g/mol. The van der Waals surface area contributed by atoms with E-state index in [1.165, 1.54) is 0 Å². The van der Waals surface area contributed by atoms with E-state index in [-0.39, 0.29) is 35.6 Å². The Labute approximate surface area is 130 Å². The standard InChI is InChI=1S/C14H20O4S2/c15-13(17-4-1-6-19)11-9-2-3-10(8-9)12(11)14(16)18-5-7-20/h2-3,9-12,19-20H,1,4-8H2/p+2. The molecule has 0 aromatic heterocycles. The Kier molecular flexibility index (Phi) is 5.84. The normalized spacial score (nSPS) is 30.5. The zero-order chi connectivity index (χ0) is 14.5. The van der Waals surface area contributed by atoms with E-state index in [1.54, 1.807) is 0 Å². The van der Waals surface area contributed by atoms with Crippen LogP contribution in [0, 0.1) is 23.7 Å². The molecule has 0 saturated heterocycles. The molecule has 0 heterocycles. The highest BCUT2D eigenvalue weighted by molar-refractivity contribution is 7.58. The fraction of sp³-hybridized carbons (Fsp3) is 0.714. The molecule has 0 aromatic rings. The maximum Gasteiger partial charge on any atom is 0.310 e. The lowest BCUT2D eigenvalue weighted by molar-refractivity contribution is -0.161. The molecular formula is C14H22O4S2+2. The lowest BCUT2D eigenvalue weighted by atomic mass is 9.83. The van der Waals surface area contributed by atoms with Gasteiger partial charge in [-0.2, -0.15) is 0 Å². The molecule has 0 aromatic carbocycles. The van der Waals surface area contributed by atoms with Crippen LogP contribution in [0.1, 0.15) is 12.8 Å². The minimum atomic E-state index is -0.376. The summed E-state index contributed by atoms with van der Waals surface area (Å²) < 4.78 is 10.5. The van der Waals surface area contributed by atoms with Crippen molar-refractivity contribution in [2.45, 2.75) is 12.8 Å². The van der Waals surface area contributed by atoms with Crippen LogP contribution in [-0.2, 0) is 44.3 Å². The molecular weight excluding hydrogens is 296 g/mol. The first-order valence-electron chi connectivity index (χ1n) is 6.99. The molecule has 4 atom stereocenters. The van der Waals surface area contributed by atoms with Gasteiger partial charge >= 0.3 is 11.9 Å². The Hall–Kier alpha value is -0.620. The van der Waals surface area contributed by atoms with E-state index >= 15 is 0 Å². The molecule has 2 rings (SSSR count). The van der Waals surface area contributed by atoms with Crippen LogP contribution >= 0.6 is 0 Å². The van der Waals surface area contributed by atoms with Gasteiger partial charge in [-0.3, -0.25) is 9.59 Å². The molecule has 112 valence electrons. The van der Waals surface area contributed by atoms with E-state index in [0.717, 1.165) is 18.6 Å². The summed E-state index contributed by atoms with van der Waals surface area (Å²) in [6.07, 6.45) is 5.70. The highest BCUT2D eigenvalue weighted by atomic mass is 32.1. The number of rotatable bonds is 7. The molecule has 0 spiro atoms. The Balaban J connectivity index is 1.99. The van der Waals surface area contributed by atoms with Gasteiger partial charge in [-0.1, -0.05) is 12.2 Å². The van der Waals surface area contributed by atoms with Gasteiger partial charge in [0.1, 0.15) is 18.1 Å². The predicted molar refractivity (Wildman–Crippen MR) is 84.3 cm³/mol. The van der Waals surface area contributed by atoms with Gasteiger partial charge in [-0.25, -0.2) is 0 Å². The number of ether oxygens (including phenoxy) is 2. The molecule has 6 heteroatoms. The average Bonchev–Trinajstić information content (AvgIpc) is 3.05. The summed E-state index contributed by atoms with van der Waals surface area (Å²) in [5.74, 6) is 0.349. The summed E-state index contributed by atoms with van der Waals surface area (Å²) in [7, 11) is 0. The third-order valence-electron chi connectivity index (χ3n) is 3.92. The topological polar surface area (TPSA) is 52.6 Å². The van der Waals surface area contributed by atoms with Crippen LogP contribution in [0.4, 0.5) is 0 Å². The largest absolute Gasteiger partial charge is 0.465 e. The number of fused-ring (bicyclic) bond motifs is 2. The SMILES string of the molecule is O=C(OCC[SH2+])C1C2C=CC(C2)C1C(=O)OCCC[SH2+]. The van der Waals surface area contributed by atoms with Crippen molar-refractivity contribution in [3.05, 3.63) is 12.2 Å². The van der Waals surface area contributed by atoms with Crippen molar-refractivity contribution in [3.63, 3.8) is 0 Å². The average molecular weight is 318 g/mol. The highest BCUT2D eigenvalue weighted by Gasteiger charge is 2.53. The highest BCUT2D eigenvalue weighted by Crippen LogP contribution is 2.48. The van der Waals surface area contributed by atoms with Crippen LogP contribution in [0.3, 0.4) is 0 Å². The Morgan fingerprint density at radius 3 is 2.00 bits per heavy atom. The summed E-state index contributed by atoms with van der Waals surface area (Å²) >= 11 is 6.62. The molecule has 1 saturated carbocycles. The van der Waals surface area contributed by atoms with E-state index in [2.05, 4.69) is 25.3 Å². The van der Waals surface area contributed by atoms with E-state index in [1.807, 2.05) is 12.2 Å². The van der Waals surface area contributed by atoms with Crippen molar-refractivity contribution in [1.29, 1.82) is 0 Å². The lowest BCUT2D eigenvalue weighted by Gasteiger charge is -2.24. The fourth-order valence-electron chi connectivity index (χ4n) is 3.05. The first kappa shape index (κ1) is 15.8. The molecule has 4 nitrogen and oxygen atoms in total. The van der Waals surface area contributed by atoms with Crippen LogP contribution in [0.25, 0.3) is 0 Å². The van der Waals surface area contributed by atoms with Crippen LogP contribution in [-0.4, -0.2) is 36.7 Å². The van der Waals surface area contributed by atoms with Gasteiger partial charge in [0, 0.05) is 6.42 Å². The minimum absolute atomic E-state index is 0.121. The molecule has 0 N–H and O–H groups in total. The van der Waals surface area contributed by atoms with Crippen LogP contribution in [0.15, 0.2) is 12.2 Å². The maximum atomic E-state index is 12.2. The zero-order valence-electron chi connectivity index (χ0n) is 11.3. The van der Waals surface area contributed by atoms with Gasteiger partial charge < -0.3 is 9.47 Å². The second kappa shape index (κ2) is 7.41. The lowest BCUT2D eigenvalue weighted by Crippen LogP contribution is -2.35. The Morgan fingerprint density at radius 2 is 1.50 bits per heavy atom. The van der Waals surface area contributed by atoms with Gasteiger partial charge in [0.25, 0.3) is 0 Å². The number of hydrogen-bond donors (Lipinski definition) is 0. The molecule has 20 heavy (non-hydrogen) atoms. The number of hydrogen-bond acceptors (Lipinski definition) is 4. The first-order valence-corrected chi connectivity index (χ1v) is 8.41. The van der Waals surface area contributed by atoms with Crippen molar-refractivity contribution in [2.24, 2.45) is 23.7 Å². The molecule has 0 aliphatic heterocycles. The third-order valence-corrected chi connectivity index (χ3v) is 4.47. The summed E-state index contributed by atoms with van der Waals surface area (Å²) in [4.78, 5) is 24.4. The van der Waals surface area contributed by atoms with Crippen molar-refractivity contribution in [3.8, 4) is 0 Å². The van der Waals surface area contributed by atoms with E-state index < -0.39 is 0 Å². The molecule has 0 amide bonds. The molecule has 1 fully saturated rings. The number of carbonyl (C=O) groups is 2. The van der Waals surface area contributed by atoms with Gasteiger partial charge in [0.05, 0.1) is 18.4 Å². The van der Waals surface area contributed by atoms with Crippen LogP contribution < -0.4 is 0 Å². The number of carbonyl (C=O) groups excluding carboxylic acids is 2. The number of allylic oxidation sites excluding steroid dienone is 2. The van der Waals surface area contributed by atoms with E-state index in [0.29, 0.717) is 19.0 Å². The summed E-state index contributed by atoms with van der Waals surface area (Å²) in [5, 5.41) is 0. The number of esters is 2. The van der Waals surface area contributed by atoms with Gasteiger partial charge in [0.15, 0.2) is 0 Å². The van der Waals surface area contributed by atoms with Gasteiger partial charge in [0.2, 0.25) is 0 Å². The quantitative estimate of drug-likeness (QED) is 0.285. The molecule has 2 bridgehead atoms. The van der Waals surface area contributed by atoms with Crippen LogP contribution in [0.2, 0.25) is 0 Å². The second-order valence-electron chi connectivity index (χ2n) is 5.19. The first-order chi connectivity index (χ1) is 9.69. The van der Waals surface area contributed by atoms with Crippen molar-refractivity contribution >= 4 is 37.2 Å². The van der Waals surface area contributed by atoms with Crippen molar-refractivity contribution in [2.75, 3.05) is 24.7 Å². The summed E-state index contributed by atoms with van der Waals surface area (Å²) in [6.45, 7) is 0.723. The second-order valence-corrected chi connectivity index (χ2v) is 6.19. The van der Waals surface area contributed by atoms with E-state index in [4.69, 9.17) is 9.47 Å².